The van der Waals surface area contributed by atoms with E-state index in [1.54, 1.807) is 61.1 Å². The zero-order valence-electron chi connectivity index (χ0n) is 19.2. The molecule has 4 rings (SSSR count). The SMILES string of the molecule is CCOC(=O)N=S(C)(=O)c1ccc(Nc2ncc(-c3cccs3)c(NCc3cccnc3)n2)cc1. The van der Waals surface area contributed by atoms with Gasteiger partial charge in [0.05, 0.1) is 21.9 Å². The van der Waals surface area contributed by atoms with Gasteiger partial charge >= 0.3 is 6.09 Å². The van der Waals surface area contributed by atoms with Crippen molar-refractivity contribution in [2.24, 2.45) is 4.36 Å². The third-order valence-corrected chi connectivity index (χ3v) is 7.37. The van der Waals surface area contributed by atoms with Crippen molar-refractivity contribution in [2.45, 2.75) is 18.4 Å². The fourth-order valence-electron chi connectivity index (χ4n) is 3.14. The first-order chi connectivity index (χ1) is 16.9. The Morgan fingerprint density at radius 2 is 1.97 bits per heavy atom. The Bertz CT molecular complexity index is 1400. The van der Waals surface area contributed by atoms with Gasteiger partial charge in [0, 0.05) is 46.9 Å². The second-order valence-electron chi connectivity index (χ2n) is 7.39. The van der Waals surface area contributed by atoms with E-state index in [4.69, 9.17) is 4.74 Å². The van der Waals surface area contributed by atoms with Crippen LogP contribution in [-0.2, 0) is 21.0 Å². The normalized spacial score (nSPS) is 12.4. The molecule has 1 amide bonds. The Labute approximate surface area is 207 Å². The maximum Gasteiger partial charge on any atom is 0.442 e. The first-order valence-electron chi connectivity index (χ1n) is 10.7. The van der Waals surface area contributed by atoms with Crippen LogP contribution in [0.1, 0.15) is 12.5 Å². The molecule has 3 heterocycles. The lowest BCUT2D eigenvalue weighted by molar-refractivity contribution is 0.164. The van der Waals surface area contributed by atoms with Crippen LogP contribution in [-0.4, -0.2) is 38.1 Å². The molecule has 0 radical (unpaired) electrons. The molecule has 0 fully saturated rings. The average molecular weight is 509 g/mol. The van der Waals surface area contributed by atoms with Gasteiger partial charge in [0.15, 0.2) is 0 Å². The number of carbonyl (C=O) groups excluding carboxylic acids is 1. The highest BCUT2D eigenvalue weighted by molar-refractivity contribution is 7.93. The van der Waals surface area contributed by atoms with Gasteiger partial charge in [-0.3, -0.25) is 4.98 Å². The topological polar surface area (TPSA) is 118 Å². The number of pyridine rings is 1. The second kappa shape index (κ2) is 11.1. The Balaban J connectivity index is 1.55. The molecule has 1 atom stereocenters. The molecule has 35 heavy (non-hydrogen) atoms. The van der Waals surface area contributed by atoms with E-state index >= 15 is 0 Å². The van der Waals surface area contributed by atoms with Crippen LogP contribution >= 0.6 is 11.3 Å². The minimum Gasteiger partial charge on any atom is -0.448 e. The van der Waals surface area contributed by atoms with Crippen LogP contribution in [0.3, 0.4) is 0 Å². The lowest BCUT2D eigenvalue weighted by atomic mass is 10.2. The molecule has 0 aliphatic heterocycles. The van der Waals surface area contributed by atoms with E-state index in [1.807, 2.05) is 29.6 Å². The van der Waals surface area contributed by atoms with Gasteiger partial charge in [-0.25, -0.2) is 14.0 Å². The zero-order valence-corrected chi connectivity index (χ0v) is 20.8. The summed E-state index contributed by atoms with van der Waals surface area (Å²) in [7, 11) is -2.92. The van der Waals surface area contributed by atoms with Crippen molar-refractivity contribution in [3.63, 3.8) is 0 Å². The monoisotopic (exact) mass is 508 g/mol. The molecule has 0 aliphatic rings. The predicted molar refractivity (Wildman–Crippen MR) is 138 cm³/mol. The number of anilines is 3. The molecular formula is C24H24N6O3S2. The van der Waals surface area contributed by atoms with Gasteiger partial charge in [0.2, 0.25) is 5.95 Å². The lowest BCUT2D eigenvalue weighted by Crippen LogP contribution is -2.07. The molecule has 0 saturated carbocycles. The number of thiophene rings is 1. The number of hydrogen-bond acceptors (Lipinski definition) is 9. The molecule has 0 bridgehead atoms. The highest BCUT2D eigenvalue weighted by Crippen LogP contribution is 2.31. The summed E-state index contributed by atoms with van der Waals surface area (Å²) in [6, 6.07) is 14.7. The predicted octanol–water partition coefficient (Wildman–Crippen LogP) is 5.57. The Kier molecular flexibility index (Phi) is 7.68. The molecule has 0 aliphatic carbocycles. The van der Waals surface area contributed by atoms with Gasteiger partial charge in [0.25, 0.3) is 0 Å². The quantitative estimate of drug-likeness (QED) is 0.317. The largest absolute Gasteiger partial charge is 0.448 e. The smallest absolute Gasteiger partial charge is 0.442 e. The van der Waals surface area contributed by atoms with Crippen molar-refractivity contribution in [2.75, 3.05) is 23.5 Å². The van der Waals surface area contributed by atoms with E-state index in [2.05, 4.69) is 29.9 Å². The van der Waals surface area contributed by atoms with Crippen molar-refractivity contribution >= 4 is 44.6 Å². The number of hydrogen-bond donors (Lipinski definition) is 2. The summed E-state index contributed by atoms with van der Waals surface area (Å²) in [5, 5.41) is 8.56. The molecule has 0 spiro atoms. The van der Waals surface area contributed by atoms with E-state index in [0.717, 1.165) is 16.0 Å². The molecule has 180 valence electrons. The Morgan fingerprint density at radius 3 is 2.66 bits per heavy atom. The average Bonchev–Trinajstić information content (AvgIpc) is 3.38. The number of aromatic nitrogens is 3. The van der Waals surface area contributed by atoms with Crippen molar-refractivity contribution in [1.29, 1.82) is 0 Å². The van der Waals surface area contributed by atoms with Crippen LogP contribution in [0.5, 0.6) is 0 Å². The fourth-order valence-corrected chi connectivity index (χ4v) is 4.96. The summed E-state index contributed by atoms with van der Waals surface area (Å²) < 4.78 is 21.3. The molecule has 11 heteroatoms. The summed E-state index contributed by atoms with van der Waals surface area (Å²) in [5.74, 6) is 1.09. The molecule has 9 nitrogen and oxygen atoms in total. The van der Waals surface area contributed by atoms with Crippen LogP contribution in [0.25, 0.3) is 10.4 Å². The number of carbonyl (C=O) groups is 1. The van der Waals surface area contributed by atoms with Gasteiger partial charge in [-0.05, 0) is 54.3 Å². The van der Waals surface area contributed by atoms with E-state index < -0.39 is 15.8 Å². The number of nitrogens with one attached hydrogen (secondary N) is 2. The first-order valence-corrected chi connectivity index (χ1v) is 13.5. The number of amides is 1. The third kappa shape index (κ3) is 6.40. The molecule has 1 unspecified atom stereocenters. The number of benzene rings is 1. The molecule has 0 saturated heterocycles. The summed E-state index contributed by atoms with van der Waals surface area (Å²) in [6.07, 6.45) is 5.88. The van der Waals surface area contributed by atoms with Crippen molar-refractivity contribution in [1.82, 2.24) is 15.0 Å². The van der Waals surface area contributed by atoms with Crippen LogP contribution in [0, 0.1) is 0 Å². The van der Waals surface area contributed by atoms with Crippen molar-refractivity contribution < 1.29 is 13.7 Å². The van der Waals surface area contributed by atoms with E-state index in [-0.39, 0.29) is 6.61 Å². The molecule has 2 N–H and O–H groups in total. The van der Waals surface area contributed by atoms with Gasteiger partial charge in [-0.1, -0.05) is 12.1 Å². The molecular weight excluding hydrogens is 484 g/mol. The molecule has 3 aromatic heterocycles. The van der Waals surface area contributed by atoms with Crippen molar-refractivity contribution in [3.05, 3.63) is 78.1 Å². The minimum absolute atomic E-state index is 0.172. The van der Waals surface area contributed by atoms with E-state index in [0.29, 0.717) is 28.9 Å². The number of ether oxygens (including phenoxy) is 1. The lowest BCUT2D eigenvalue weighted by Gasteiger charge is -2.13. The van der Waals surface area contributed by atoms with Crippen LogP contribution < -0.4 is 10.6 Å². The summed E-state index contributed by atoms with van der Waals surface area (Å²) in [6.45, 7) is 2.40. The highest BCUT2D eigenvalue weighted by atomic mass is 32.2. The third-order valence-electron chi connectivity index (χ3n) is 4.82. The van der Waals surface area contributed by atoms with Crippen LogP contribution in [0.2, 0.25) is 0 Å². The highest BCUT2D eigenvalue weighted by Gasteiger charge is 2.13. The zero-order chi connectivity index (χ0) is 24.7. The van der Waals surface area contributed by atoms with Crippen molar-refractivity contribution in [3.8, 4) is 10.4 Å². The van der Waals surface area contributed by atoms with E-state index in [1.165, 1.54) is 6.26 Å². The fraction of sp³-hybridized carbons (Fsp3) is 0.167. The van der Waals surface area contributed by atoms with Crippen LogP contribution in [0.15, 0.2) is 81.8 Å². The molecule has 4 aromatic rings. The van der Waals surface area contributed by atoms with Gasteiger partial charge < -0.3 is 15.4 Å². The first kappa shape index (κ1) is 24.3. The van der Waals surface area contributed by atoms with Gasteiger partial charge in [-0.15, -0.1) is 15.7 Å². The van der Waals surface area contributed by atoms with Gasteiger partial charge in [0.1, 0.15) is 5.82 Å². The number of nitrogens with zero attached hydrogens (tertiary/aromatic N) is 4. The maximum absolute atomic E-state index is 12.8. The van der Waals surface area contributed by atoms with Crippen LogP contribution in [0.4, 0.5) is 22.2 Å². The molecule has 1 aromatic carbocycles. The van der Waals surface area contributed by atoms with Gasteiger partial charge in [-0.2, -0.15) is 4.98 Å². The standard InChI is InChI=1S/C24H24N6O3S2/c1-3-33-24(31)30-35(2,32)19-10-8-18(9-11-19)28-23-27-16-20(21-7-5-13-34-21)22(29-23)26-15-17-6-4-12-25-14-17/h4-14,16H,3,15H2,1-2H3,(H2,26,27,28,29). The Hall–Kier alpha value is -3.83. The number of rotatable bonds is 8. The maximum atomic E-state index is 12.8. The summed E-state index contributed by atoms with van der Waals surface area (Å²) in [4.78, 5) is 26.4. The second-order valence-corrected chi connectivity index (χ2v) is 10.6. The Morgan fingerprint density at radius 1 is 1.14 bits per heavy atom. The van der Waals surface area contributed by atoms with E-state index in [9.17, 15) is 9.00 Å². The minimum atomic E-state index is -2.92. The summed E-state index contributed by atoms with van der Waals surface area (Å²) >= 11 is 1.61. The summed E-state index contributed by atoms with van der Waals surface area (Å²) in [5.41, 5.74) is 2.63.